The van der Waals surface area contributed by atoms with Crippen molar-refractivity contribution in [3.63, 3.8) is 0 Å². The van der Waals surface area contributed by atoms with Crippen molar-refractivity contribution >= 4 is 52.1 Å². The van der Waals surface area contributed by atoms with Crippen molar-refractivity contribution in [3.8, 4) is 0 Å². The van der Waals surface area contributed by atoms with Crippen LogP contribution in [-0.4, -0.2) is 82.2 Å². The molecule has 2 amide bonds. The van der Waals surface area contributed by atoms with E-state index < -0.39 is 44.0 Å². The molecule has 4 N–H and O–H groups in total. The van der Waals surface area contributed by atoms with Crippen molar-refractivity contribution in [3.05, 3.63) is 0 Å². The number of Topliss-reactive ketones (excluding diaryl/α,β-unsaturated/α-hetero) is 1. The number of halogens is 1. The Bertz CT molecular complexity index is 761. The van der Waals surface area contributed by atoms with Gasteiger partial charge in [0.05, 0.1) is 28.7 Å². The molecular weight excluding hydrogens is 575 g/mol. The van der Waals surface area contributed by atoms with E-state index in [1.54, 1.807) is 27.7 Å². The third-order valence-electron chi connectivity index (χ3n) is 5.18. The third kappa shape index (κ3) is 13.8. The lowest BCUT2D eigenvalue weighted by Gasteiger charge is -2.32. The molecule has 1 atom stereocenters. The maximum Gasteiger partial charge on any atom is 0.326 e. The van der Waals surface area contributed by atoms with Gasteiger partial charge in [-0.3, -0.25) is 19.2 Å². The molecule has 1 unspecified atom stereocenters. The SMILES string of the molecule is CC(C)(I)C(=O)COCCOCCNC(=O)CCC(NC(=O)C(C)(C)CC(C)(C)C(=O)O)C(=O)O. The molecule has 0 aliphatic rings. The Morgan fingerprint density at radius 3 is 1.97 bits per heavy atom. The second kappa shape index (κ2) is 14.7. The van der Waals surface area contributed by atoms with Crippen LogP contribution in [0, 0.1) is 10.8 Å². The summed E-state index contributed by atoms with van der Waals surface area (Å²) in [5.41, 5.74) is -2.30. The summed E-state index contributed by atoms with van der Waals surface area (Å²) in [5.74, 6) is -3.36. The quantitative estimate of drug-likeness (QED) is 0.102. The zero-order valence-electron chi connectivity index (χ0n) is 21.4. The summed E-state index contributed by atoms with van der Waals surface area (Å²) in [7, 11) is 0. The molecular formula is C23H39IN2O9. The fourth-order valence-corrected chi connectivity index (χ4v) is 3.21. The lowest BCUT2D eigenvalue weighted by Crippen LogP contribution is -2.48. The Morgan fingerprint density at radius 2 is 1.46 bits per heavy atom. The van der Waals surface area contributed by atoms with Crippen LogP contribution in [0.4, 0.5) is 0 Å². The Balaban J connectivity index is 4.33. The zero-order valence-corrected chi connectivity index (χ0v) is 23.5. The molecule has 0 spiro atoms. The summed E-state index contributed by atoms with van der Waals surface area (Å²) < 4.78 is 10.1. The number of rotatable bonds is 18. The number of nitrogens with one attached hydrogen (secondary N) is 2. The van der Waals surface area contributed by atoms with Crippen LogP contribution in [0.3, 0.4) is 0 Å². The minimum Gasteiger partial charge on any atom is -0.481 e. The van der Waals surface area contributed by atoms with Crippen LogP contribution in [0.2, 0.25) is 0 Å². The molecule has 0 aromatic rings. The average Bonchev–Trinajstić information content (AvgIpc) is 2.70. The Morgan fingerprint density at radius 1 is 0.886 bits per heavy atom. The molecule has 0 fully saturated rings. The Kier molecular flexibility index (Phi) is 13.9. The van der Waals surface area contributed by atoms with Gasteiger partial charge in [0, 0.05) is 18.4 Å². The largest absolute Gasteiger partial charge is 0.481 e. The van der Waals surface area contributed by atoms with Gasteiger partial charge in [-0.25, -0.2) is 4.79 Å². The highest BCUT2D eigenvalue weighted by Crippen LogP contribution is 2.34. The standard InChI is InChI=1S/C23H39IN2O9/c1-21(2,14-22(3,4)20(32)33)19(31)26-15(18(29)30)7-8-17(28)25-9-10-34-11-12-35-13-16(27)23(5,6)24/h15H,7-14H2,1-6H3,(H,25,28)(H,26,31)(H,29,30)(H,32,33). The first-order valence-electron chi connectivity index (χ1n) is 11.3. The van der Waals surface area contributed by atoms with Crippen LogP contribution in [0.5, 0.6) is 0 Å². The van der Waals surface area contributed by atoms with Crippen molar-refractivity contribution in [2.75, 3.05) is 33.0 Å². The van der Waals surface area contributed by atoms with Gasteiger partial charge in [-0.1, -0.05) is 36.4 Å². The summed E-state index contributed by atoms with van der Waals surface area (Å²) in [6.07, 6.45) is -0.248. The predicted octanol–water partition coefficient (Wildman–Crippen LogP) is 1.80. The minimum atomic E-state index is -1.29. The maximum atomic E-state index is 12.6. The number of hydrogen-bond donors (Lipinski definition) is 4. The van der Waals surface area contributed by atoms with Gasteiger partial charge in [-0.05, 0) is 40.5 Å². The maximum absolute atomic E-state index is 12.6. The zero-order chi connectivity index (χ0) is 27.4. The van der Waals surface area contributed by atoms with Crippen LogP contribution in [0.15, 0.2) is 0 Å². The molecule has 12 heteroatoms. The van der Waals surface area contributed by atoms with E-state index in [0.29, 0.717) is 0 Å². The number of aliphatic carboxylic acids is 2. The smallest absolute Gasteiger partial charge is 0.326 e. The van der Waals surface area contributed by atoms with Crippen molar-refractivity contribution in [1.82, 2.24) is 10.6 Å². The molecule has 202 valence electrons. The summed E-state index contributed by atoms with van der Waals surface area (Å²) >= 11 is 2.04. The van der Waals surface area contributed by atoms with E-state index in [1.807, 2.05) is 22.6 Å². The van der Waals surface area contributed by atoms with Crippen molar-refractivity contribution < 1.29 is 43.7 Å². The van der Waals surface area contributed by atoms with Gasteiger partial charge < -0.3 is 30.3 Å². The molecule has 0 heterocycles. The number of carboxylic acid groups (broad SMARTS) is 2. The van der Waals surface area contributed by atoms with E-state index in [0.717, 1.165) is 0 Å². The predicted molar refractivity (Wildman–Crippen MR) is 136 cm³/mol. The van der Waals surface area contributed by atoms with Gasteiger partial charge >= 0.3 is 11.9 Å². The summed E-state index contributed by atoms with van der Waals surface area (Å²) in [6.45, 7) is 10.6. The number of carboxylic acids is 2. The number of hydrogen-bond acceptors (Lipinski definition) is 7. The van der Waals surface area contributed by atoms with E-state index in [-0.39, 0.29) is 58.0 Å². The Labute approximate surface area is 220 Å². The molecule has 35 heavy (non-hydrogen) atoms. The van der Waals surface area contributed by atoms with Gasteiger partial charge in [0.1, 0.15) is 12.6 Å². The molecule has 0 aliphatic heterocycles. The van der Waals surface area contributed by atoms with Crippen LogP contribution in [-0.2, 0) is 33.4 Å². The number of ketones is 1. The minimum absolute atomic E-state index is 0.00555. The number of ether oxygens (including phenoxy) is 2. The fourth-order valence-electron chi connectivity index (χ4n) is 3.05. The second-order valence-corrected chi connectivity index (χ2v) is 12.8. The Hall–Kier alpha value is -1.80. The van der Waals surface area contributed by atoms with Crippen LogP contribution < -0.4 is 10.6 Å². The van der Waals surface area contributed by atoms with Gasteiger partial charge in [0.15, 0.2) is 5.78 Å². The first-order chi connectivity index (χ1) is 15.9. The fraction of sp³-hybridized carbons (Fsp3) is 0.783. The van der Waals surface area contributed by atoms with E-state index in [1.165, 1.54) is 13.8 Å². The lowest BCUT2D eigenvalue weighted by molar-refractivity contribution is -0.151. The number of carbonyl (C=O) groups excluding carboxylic acids is 3. The normalized spacial score (nSPS) is 13.1. The molecule has 0 aliphatic carbocycles. The number of amides is 2. The molecule has 11 nitrogen and oxygen atoms in total. The summed E-state index contributed by atoms with van der Waals surface area (Å²) in [6, 6.07) is -1.29. The van der Waals surface area contributed by atoms with Gasteiger partial charge in [0.2, 0.25) is 11.8 Å². The summed E-state index contributed by atoms with van der Waals surface area (Å²) in [5, 5.41) is 23.7. The van der Waals surface area contributed by atoms with Crippen LogP contribution in [0.25, 0.3) is 0 Å². The van der Waals surface area contributed by atoms with Crippen molar-refractivity contribution in [1.29, 1.82) is 0 Å². The molecule has 0 saturated heterocycles. The molecule has 0 rings (SSSR count). The number of carbonyl (C=O) groups is 5. The molecule has 0 aromatic heterocycles. The monoisotopic (exact) mass is 614 g/mol. The van der Waals surface area contributed by atoms with E-state index in [4.69, 9.17) is 9.47 Å². The highest BCUT2D eigenvalue weighted by atomic mass is 127. The lowest BCUT2D eigenvalue weighted by atomic mass is 9.74. The average molecular weight is 614 g/mol. The van der Waals surface area contributed by atoms with E-state index in [2.05, 4.69) is 10.6 Å². The first-order valence-corrected chi connectivity index (χ1v) is 12.4. The second-order valence-electron chi connectivity index (χ2n) is 10.1. The highest BCUT2D eigenvalue weighted by molar-refractivity contribution is 14.1. The topological polar surface area (TPSA) is 168 Å². The molecule has 0 saturated carbocycles. The molecule has 0 aromatic carbocycles. The van der Waals surface area contributed by atoms with Gasteiger partial charge in [0.25, 0.3) is 0 Å². The highest BCUT2D eigenvalue weighted by Gasteiger charge is 2.40. The molecule has 0 radical (unpaired) electrons. The van der Waals surface area contributed by atoms with Crippen LogP contribution >= 0.6 is 22.6 Å². The van der Waals surface area contributed by atoms with E-state index in [9.17, 15) is 34.2 Å². The van der Waals surface area contributed by atoms with Crippen molar-refractivity contribution in [2.24, 2.45) is 10.8 Å². The van der Waals surface area contributed by atoms with Gasteiger partial charge in [-0.2, -0.15) is 0 Å². The first kappa shape index (κ1) is 33.2. The molecule has 0 bridgehead atoms. The number of alkyl halides is 1. The van der Waals surface area contributed by atoms with Crippen LogP contribution in [0.1, 0.15) is 60.8 Å². The van der Waals surface area contributed by atoms with E-state index >= 15 is 0 Å². The third-order valence-corrected chi connectivity index (χ3v) is 5.78. The van der Waals surface area contributed by atoms with Gasteiger partial charge in [-0.15, -0.1) is 0 Å². The van der Waals surface area contributed by atoms with Crippen molar-refractivity contribution in [2.45, 2.75) is 70.3 Å². The summed E-state index contributed by atoms with van der Waals surface area (Å²) in [4.78, 5) is 59.3.